The fraction of sp³-hybridized carbons (Fsp3) is 0.696. The first-order chi connectivity index (χ1) is 14.4. The van der Waals surface area contributed by atoms with Crippen LogP contribution < -0.4 is 5.56 Å². The van der Waals surface area contributed by atoms with E-state index in [0.717, 1.165) is 63.1 Å². The minimum absolute atomic E-state index is 0.0316. The SMILES string of the molecule is CC(C)N1CCC(c2cc(=O)n3[nH]c([C@H]4CCCN4C(=O)[C@H]4C[C@@H]4C)cc3n2)CC1. The van der Waals surface area contributed by atoms with E-state index in [1.54, 1.807) is 10.6 Å². The van der Waals surface area contributed by atoms with E-state index in [-0.39, 0.29) is 23.4 Å². The highest BCUT2D eigenvalue weighted by Crippen LogP contribution is 2.43. The zero-order valence-corrected chi connectivity index (χ0v) is 18.3. The molecule has 4 heterocycles. The van der Waals surface area contributed by atoms with Crippen molar-refractivity contribution in [3.8, 4) is 0 Å². The van der Waals surface area contributed by atoms with Crippen LogP contribution in [0.4, 0.5) is 0 Å². The van der Waals surface area contributed by atoms with Gasteiger partial charge in [-0.25, -0.2) is 9.50 Å². The van der Waals surface area contributed by atoms with Gasteiger partial charge in [-0.2, -0.15) is 0 Å². The van der Waals surface area contributed by atoms with E-state index in [1.807, 2.05) is 11.0 Å². The number of piperidine rings is 1. The maximum Gasteiger partial charge on any atom is 0.272 e. The minimum atomic E-state index is -0.0563. The van der Waals surface area contributed by atoms with Gasteiger partial charge in [-0.15, -0.1) is 0 Å². The first kappa shape index (κ1) is 19.8. The summed E-state index contributed by atoms with van der Waals surface area (Å²) in [5.41, 5.74) is 2.47. The lowest BCUT2D eigenvalue weighted by Crippen LogP contribution is -2.38. The van der Waals surface area contributed by atoms with Gasteiger partial charge in [-0.1, -0.05) is 6.92 Å². The molecule has 162 valence electrons. The molecular weight excluding hydrogens is 378 g/mol. The van der Waals surface area contributed by atoms with Crippen LogP contribution in [0.2, 0.25) is 0 Å². The second-order valence-corrected chi connectivity index (χ2v) is 9.84. The van der Waals surface area contributed by atoms with Crippen LogP contribution in [0.1, 0.15) is 76.2 Å². The van der Waals surface area contributed by atoms with E-state index in [2.05, 4.69) is 30.8 Å². The molecule has 0 aromatic carbocycles. The van der Waals surface area contributed by atoms with Crippen LogP contribution in [-0.4, -0.2) is 56.0 Å². The van der Waals surface area contributed by atoms with Gasteiger partial charge in [0.1, 0.15) is 0 Å². The van der Waals surface area contributed by atoms with Crippen LogP contribution in [-0.2, 0) is 4.79 Å². The van der Waals surface area contributed by atoms with Crippen molar-refractivity contribution in [2.75, 3.05) is 19.6 Å². The van der Waals surface area contributed by atoms with E-state index in [0.29, 0.717) is 23.5 Å². The summed E-state index contributed by atoms with van der Waals surface area (Å²) in [6.45, 7) is 9.54. The lowest BCUT2D eigenvalue weighted by atomic mass is 9.92. The molecule has 2 aromatic rings. The molecule has 2 aliphatic heterocycles. The molecule has 0 bridgehead atoms. The summed E-state index contributed by atoms with van der Waals surface area (Å²) in [6, 6.07) is 4.28. The van der Waals surface area contributed by atoms with Crippen molar-refractivity contribution in [1.29, 1.82) is 0 Å². The van der Waals surface area contributed by atoms with Gasteiger partial charge < -0.3 is 9.80 Å². The Labute approximate surface area is 177 Å². The Morgan fingerprint density at radius 3 is 2.57 bits per heavy atom. The number of aromatic nitrogens is 3. The second-order valence-electron chi connectivity index (χ2n) is 9.84. The third kappa shape index (κ3) is 3.47. The minimum Gasteiger partial charge on any atom is -0.334 e. The molecule has 1 aliphatic carbocycles. The van der Waals surface area contributed by atoms with Gasteiger partial charge in [0.15, 0.2) is 5.65 Å². The summed E-state index contributed by atoms with van der Waals surface area (Å²) in [7, 11) is 0. The fourth-order valence-corrected chi connectivity index (χ4v) is 5.35. The molecule has 0 unspecified atom stereocenters. The highest BCUT2D eigenvalue weighted by molar-refractivity contribution is 5.82. The topological polar surface area (TPSA) is 73.7 Å². The third-order valence-corrected chi connectivity index (χ3v) is 7.49. The predicted octanol–water partition coefficient (Wildman–Crippen LogP) is 2.93. The van der Waals surface area contributed by atoms with Crippen molar-refractivity contribution >= 4 is 11.6 Å². The van der Waals surface area contributed by atoms with E-state index in [9.17, 15) is 9.59 Å². The van der Waals surface area contributed by atoms with Crippen LogP contribution in [0.15, 0.2) is 16.9 Å². The summed E-state index contributed by atoms with van der Waals surface area (Å²) < 4.78 is 1.54. The summed E-state index contributed by atoms with van der Waals surface area (Å²) >= 11 is 0. The number of hydrogen-bond donors (Lipinski definition) is 1. The molecule has 2 saturated heterocycles. The van der Waals surface area contributed by atoms with E-state index >= 15 is 0 Å². The molecule has 1 amide bonds. The van der Waals surface area contributed by atoms with Crippen molar-refractivity contribution in [2.45, 2.75) is 70.9 Å². The Hall–Kier alpha value is -2.15. The first-order valence-corrected chi connectivity index (χ1v) is 11.6. The molecule has 7 heteroatoms. The summed E-state index contributed by atoms with van der Waals surface area (Å²) in [5.74, 6) is 1.33. The number of amides is 1. The zero-order valence-electron chi connectivity index (χ0n) is 18.3. The number of carbonyl (C=O) groups is 1. The van der Waals surface area contributed by atoms with Gasteiger partial charge in [0.2, 0.25) is 5.91 Å². The summed E-state index contributed by atoms with van der Waals surface area (Å²) in [5, 5.41) is 3.25. The Balaban J connectivity index is 1.39. The first-order valence-electron chi connectivity index (χ1n) is 11.6. The molecule has 0 spiro atoms. The van der Waals surface area contributed by atoms with Crippen LogP contribution in [0.5, 0.6) is 0 Å². The molecule has 5 rings (SSSR count). The van der Waals surface area contributed by atoms with Gasteiger partial charge in [-0.05, 0) is 65.0 Å². The Kier molecular flexibility index (Phi) is 4.96. The lowest BCUT2D eigenvalue weighted by molar-refractivity contribution is -0.133. The Morgan fingerprint density at radius 1 is 1.17 bits per heavy atom. The van der Waals surface area contributed by atoms with Gasteiger partial charge in [0, 0.05) is 36.6 Å². The quantitative estimate of drug-likeness (QED) is 0.840. The molecule has 2 aromatic heterocycles. The van der Waals surface area contributed by atoms with Crippen LogP contribution in [0, 0.1) is 11.8 Å². The maximum absolute atomic E-state index is 12.8. The average molecular weight is 412 g/mol. The number of rotatable bonds is 4. The fourth-order valence-electron chi connectivity index (χ4n) is 5.35. The van der Waals surface area contributed by atoms with E-state index in [4.69, 9.17) is 4.98 Å². The van der Waals surface area contributed by atoms with Crippen molar-refractivity contribution < 1.29 is 4.79 Å². The zero-order chi connectivity index (χ0) is 21.0. The maximum atomic E-state index is 12.8. The van der Waals surface area contributed by atoms with Crippen molar-refractivity contribution in [3.05, 3.63) is 33.9 Å². The van der Waals surface area contributed by atoms with Gasteiger partial charge in [0.25, 0.3) is 5.56 Å². The predicted molar refractivity (Wildman–Crippen MR) is 115 cm³/mol. The monoisotopic (exact) mass is 411 g/mol. The number of aromatic amines is 1. The van der Waals surface area contributed by atoms with Gasteiger partial charge in [0.05, 0.1) is 17.4 Å². The molecule has 7 nitrogen and oxygen atoms in total. The normalized spacial score (nSPS) is 28.0. The summed E-state index contributed by atoms with van der Waals surface area (Å²) in [4.78, 5) is 35.0. The van der Waals surface area contributed by atoms with E-state index < -0.39 is 0 Å². The van der Waals surface area contributed by atoms with Crippen molar-refractivity contribution in [1.82, 2.24) is 24.4 Å². The van der Waals surface area contributed by atoms with Gasteiger partial charge >= 0.3 is 0 Å². The highest BCUT2D eigenvalue weighted by atomic mass is 16.2. The van der Waals surface area contributed by atoms with Crippen LogP contribution in [0.3, 0.4) is 0 Å². The lowest BCUT2D eigenvalue weighted by Gasteiger charge is -2.34. The molecule has 30 heavy (non-hydrogen) atoms. The Morgan fingerprint density at radius 2 is 1.90 bits per heavy atom. The number of hydrogen-bond acceptors (Lipinski definition) is 4. The third-order valence-electron chi connectivity index (χ3n) is 7.49. The number of nitrogens with one attached hydrogen (secondary N) is 1. The number of carbonyl (C=O) groups excluding carboxylic acids is 1. The molecule has 1 N–H and O–H groups in total. The number of fused-ring (bicyclic) bond motifs is 1. The summed E-state index contributed by atoms with van der Waals surface area (Å²) in [6.07, 6.45) is 5.05. The largest absolute Gasteiger partial charge is 0.334 e. The average Bonchev–Trinajstić information content (AvgIpc) is 3.12. The van der Waals surface area contributed by atoms with E-state index in [1.165, 1.54) is 0 Å². The van der Waals surface area contributed by atoms with Crippen LogP contribution >= 0.6 is 0 Å². The smallest absolute Gasteiger partial charge is 0.272 e. The van der Waals surface area contributed by atoms with Crippen molar-refractivity contribution in [2.24, 2.45) is 11.8 Å². The molecule has 1 saturated carbocycles. The number of H-pyrrole nitrogens is 1. The second kappa shape index (κ2) is 7.52. The molecule has 3 fully saturated rings. The standard InChI is InChI=1S/C23H33N5O2/c1-14(2)26-9-6-16(7-10-26)18-13-22(29)28-21(24-18)12-19(25-28)20-5-4-8-27(20)23(30)17-11-15(17)3/h12-17,20,25H,4-11H2,1-3H3/t15-,17-,20+/m0/s1. The molecular formula is C23H33N5O2. The molecule has 3 aliphatic rings. The van der Waals surface area contributed by atoms with Gasteiger partial charge in [-0.3, -0.25) is 14.7 Å². The Bertz CT molecular complexity index is 1000. The number of likely N-dealkylation sites (tertiary alicyclic amines) is 2. The van der Waals surface area contributed by atoms with Crippen LogP contribution in [0.25, 0.3) is 5.65 Å². The molecule has 3 atom stereocenters. The van der Waals surface area contributed by atoms with Crippen molar-refractivity contribution in [3.63, 3.8) is 0 Å². The number of nitrogens with zero attached hydrogens (tertiary/aromatic N) is 4. The highest BCUT2D eigenvalue weighted by Gasteiger charge is 2.44. The molecule has 0 radical (unpaired) electrons.